The van der Waals surface area contributed by atoms with E-state index in [-0.39, 0.29) is 17.7 Å². The molecule has 1 saturated carbocycles. The van der Waals surface area contributed by atoms with E-state index >= 15 is 0 Å². The summed E-state index contributed by atoms with van der Waals surface area (Å²) in [4.78, 5) is 14.6. The zero-order valence-electron chi connectivity index (χ0n) is 12.1. The minimum Gasteiger partial charge on any atom is -0.464 e. The van der Waals surface area contributed by atoms with Crippen LogP contribution in [0.3, 0.4) is 0 Å². The molecular weight excluding hydrogens is 240 g/mol. The Morgan fingerprint density at radius 2 is 2.16 bits per heavy atom. The molecule has 1 unspecified atom stereocenters. The van der Waals surface area contributed by atoms with Crippen molar-refractivity contribution in [3.63, 3.8) is 0 Å². The van der Waals surface area contributed by atoms with Gasteiger partial charge in [0.05, 0.1) is 12.5 Å². The van der Waals surface area contributed by atoms with Crippen LogP contribution in [0.2, 0.25) is 0 Å². The van der Waals surface area contributed by atoms with E-state index in [9.17, 15) is 4.79 Å². The average Bonchev–Trinajstić information content (AvgIpc) is 3.10. The maximum absolute atomic E-state index is 12.6. The van der Waals surface area contributed by atoms with E-state index in [1.54, 1.807) is 0 Å². The van der Waals surface area contributed by atoms with Crippen LogP contribution in [0.1, 0.15) is 38.2 Å². The first-order chi connectivity index (χ1) is 9.02. The molecule has 0 saturated heterocycles. The SMILES string of the molecule is Cc1ccc(CN(C(=O)C(CN)C(C)C)C2CC2)o1. The normalized spacial score (nSPS) is 16.7. The number of rotatable bonds is 6. The van der Waals surface area contributed by atoms with Crippen LogP contribution in [0, 0.1) is 18.8 Å². The molecule has 0 radical (unpaired) electrons. The molecule has 19 heavy (non-hydrogen) atoms. The van der Waals surface area contributed by atoms with Crippen LogP contribution in [-0.4, -0.2) is 23.4 Å². The fourth-order valence-electron chi connectivity index (χ4n) is 2.38. The van der Waals surface area contributed by atoms with Crippen molar-refractivity contribution in [2.45, 2.75) is 46.2 Å². The van der Waals surface area contributed by atoms with E-state index in [0.29, 0.717) is 19.1 Å². The molecule has 2 rings (SSSR count). The Morgan fingerprint density at radius 3 is 2.58 bits per heavy atom. The third-order valence-electron chi connectivity index (χ3n) is 3.77. The Labute approximate surface area is 114 Å². The van der Waals surface area contributed by atoms with Crippen LogP contribution < -0.4 is 5.73 Å². The number of carbonyl (C=O) groups is 1. The lowest BCUT2D eigenvalue weighted by atomic mass is 9.94. The van der Waals surface area contributed by atoms with Gasteiger partial charge in [-0.2, -0.15) is 0 Å². The first kappa shape index (κ1) is 14.1. The molecule has 0 aliphatic heterocycles. The van der Waals surface area contributed by atoms with E-state index in [4.69, 9.17) is 10.2 Å². The predicted molar refractivity (Wildman–Crippen MR) is 74.4 cm³/mol. The first-order valence-corrected chi connectivity index (χ1v) is 7.08. The van der Waals surface area contributed by atoms with Crippen molar-refractivity contribution >= 4 is 5.91 Å². The molecule has 1 fully saturated rings. The number of aryl methyl sites for hydroxylation is 1. The second-order valence-corrected chi connectivity index (χ2v) is 5.80. The van der Waals surface area contributed by atoms with Crippen LogP contribution in [0.5, 0.6) is 0 Å². The largest absolute Gasteiger partial charge is 0.464 e. The van der Waals surface area contributed by atoms with Crippen LogP contribution in [-0.2, 0) is 11.3 Å². The molecule has 1 amide bonds. The highest BCUT2D eigenvalue weighted by atomic mass is 16.3. The van der Waals surface area contributed by atoms with E-state index < -0.39 is 0 Å². The van der Waals surface area contributed by atoms with Gasteiger partial charge >= 0.3 is 0 Å². The monoisotopic (exact) mass is 264 g/mol. The lowest BCUT2D eigenvalue weighted by Gasteiger charge is -2.28. The zero-order chi connectivity index (χ0) is 14.0. The quantitative estimate of drug-likeness (QED) is 0.857. The highest BCUT2D eigenvalue weighted by Crippen LogP contribution is 2.31. The lowest BCUT2D eigenvalue weighted by Crippen LogP contribution is -2.42. The second-order valence-electron chi connectivity index (χ2n) is 5.80. The highest BCUT2D eigenvalue weighted by molar-refractivity contribution is 5.80. The van der Waals surface area contributed by atoms with Gasteiger partial charge in [-0.1, -0.05) is 13.8 Å². The molecule has 1 atom stereocenters. The van der Waals surface area contributed by atoms with Crippen molar-refractivity contribution in [3.8, 4) is 0 Å². The molecule has 2 N–H and O–H groups in total. The van der Waals surface area contributed by atoms with Gasteiger partial charge in [-0.05, 0) is 37.8 Å². The molecule has 1 aliphatic rings. The number of amides is 1. The zero-order valence-corrected chi connectivity index (χ0v) is 12.1. The second kappa shape index (κ2) is 5.78. The predicted octanol–water partition coefficient (Wildman–Crippen LogP) is 2.31. The van der Waals surface area contributed by atoms with Crippen LogP contribution in [0.25, 0.3) is 0 Å². The Balaban J connectivity index is 2.09. The first-order valence-electron chi connectivity index (χ1n) is 7.08. The molecule has 1 aromatic heterocycles. The fourth-order valence-corrected chi connectivity index (χ4v) is 2.38. The summed E-state index contributed by atoms with van der Waals surface area (Å²) in [5, 5.41) is 0. The van der Waals surface area contributed by atoms with Crippen LogP contribution in [0.15, 0.2) is 16.5 Å². The maximum atomic E-state index is 12.6. The molecule has 4 heteroatoms. The molecule has 0 aromatic carbocycles. The summed E-state index contributed by atoms with van der Waals surface area (Å²) < 4.78 is 5.59. The Hall–Kier alpha value is -1.29. The summed E-state index contributed by atoms with van der Waals surface area (Å²) in [6.45, 7) is 7.01. The summed E-state index contributed by atoms with van der Waals surface area (Å²) >= 11 is 0. The molecule has 1 heterocycles. The molecule has 1 aliphatic carbocycles. The maximum Gasteiger partial charge on any atom is 0.227 e. The van der Waals surface area contributed by atoms with Gasteiger partial charge in [-0.25, -0.2) is 0 Å². The van der Waals surface area contributed by atoms with Crippen LogP contribution in [0.4, 0.5) is 0 Å². The van der Waals surface area contributed by atoms with Gasteiger partial charge in [-0.3, -0.25) is 4.79 Å². The van der Waals surface area contributed by atoms with Gasteiger partial charge in [-0.15, -0.1) is 0 Å². The van der Waals surface area contributed by atoms with Crippen molar-refractivity contribution in [1.82, 2.24) is 4.90 Å². The molecule has 106 valence electrons. The van der Waals surface area contributed by atoms with Crippen molar-refractivity contribution in [2.75, 3.05) is 6.54 Å². The highest BCUT2D eigenvalue weighted by Gasteiger charge is 2.36. The number of hydrogen-bond acceptors (Lipinski definition) is 3. The summed E-state index contributed by atoms with van der Waals surface area (Å²) in [6, 6.07) is 4.27. The molecule has 1 aromatic rings. The number of furan rings is 1. The van der Waals surface area contributed by atoms with Gasteiger partial charge in [0.15, 0.2) is 0 Å². The van der Waals surface area contributed by atoms with Gasteiger partial charge in [0, 0.05) is 12.6 Å². The van der Waals surface area contributed by atoms with E-state index in [0.717, 1.165) is 24.4 Å². The molecular formula is C15H24N2O2. The Kier molecular flexibility index (Phi) is 4.30. The van der Waals surface area contributed by atoms with E-state index in [1.165, 1.54) is 0 Å². The third-order valence-corrected chi connectivity index (χ3v) is 3.77. The van der Waals surface area contributed by atoms with E-state index in [2.05, 4.69) is 13.8 Å². The van der Waals surface area contributed by atoms with Crippen molar-refractivity contribution < 1.29 is 9.21 Å². The smallest absolute Gasteiger partial charge is 0.227 e. The summed E-state index contributed by atoms with van der Waals surface area (Å²) in [5.74, 6) is 2.11. The number of hydrogen-bond donors (Lipinski definition) is 1. The van der Waals surface area contributed by atoms with E-state index in [1.807, 2.05) is 24.0 Å². The summed E-state index contributed by atoms with van der Waals surface area (Å²) in [7, 11) is 0. The standard InChI is InChI=1S/C15H24N2O2/c1-10(2)14(8-16)15(18)17(12-5-6-12)9-13-7-4-11(3)19-13/h4,7,10,12,14H,5-6,8-9,16H2,1-3H3. The van der Waals surface area contributed by atoms with Crippen molar-refractivity contribution in [1.29, 1.82) is 0 Å². The minimum atomic E-state index is -0.0864. The minimum absolute atomic E-state index is 0.0864. The summed E-state index contributed by atoms with van der Waals surface area (Å²) in [5.41, 5.74) is 5.76. The third kappa shape index (κ3) is 3.38. The number of nitrogens with two attached hydrogens (primary N) is 1. The van der Waals surface area contributed by atoms with Gasteiger partial charge < -0.3 is 15.1 Å². The molecule has 0 spiro atoms. The van der Waals surface area contributed by atoms with Crippen molar-refractivity contribution in [2.24, 2.45) is 17.6 Å². The summed E-state index contributed by atoms with van der Waals surface area (Å²) in [6.07, 6.45) is 2.20. The average molecular weight is 264 g/mol. The van der Waals surface area contributed by atoms with Gasteiger partial charge in [0.1, 0.15) is 11.5 Å². The van der Waals surface area contributed by atoms with Gasteiger partial charge in [0.2, 0.25) is 5.91 Å². The van der Waals surface area contributed by atoms with Crippen molar-refractivity contribution in [3.05, 3.63) is 23.7 Å². The van der Waals surface area contributed by atoms with Crippen LogP contribution >= 0.6 is 0 Å². The fraction of sp³-hybridized carbons (Fsp3) is 0.667. The Bertz CT molecular complexity index is 435. The Morgan fingerprint density at radius 1 is 1.47 bits per heavy atom. The lowest BCUT2D eigenvalue weighted by molar-refractivity contribution is -0.138. The molecule has 4 nitrogen and oxygen atoms in total. The topological polar surface area (TPSA) is 59.5 Å². The molecule has 0 bridgehead atoms. The number of carbonyl (C=O) groups excluding carboxylic acids is 1. The van der Waals surface area contributed by atoms with Gasteiger partial charge in [0.25, 0.3) is 0 Å². The number of nitrogens with zero attached hydrogens (tertiary/aromatic N) is 1.